The number of nitrogens with zero attached hydrogens (tertiary/aromatic N) is 4. The summed E-state index contributed by atoms with van der Waals surface area (Å²) in [6.45, 7) is 4.67. The summed E-state index contributed by atoms with van der Waals surface area (Å²) in [6, 6.07) is 4.08. The zero-order chi connectivity index (χ0) is 13.2. The summed E-state index contributed by atoms with van der Waals surface area (Å²) in [5, 5.41) is 5.17. The summed E-state index contributed by atoms with van der Waals surface area (Å²) in [5.74, 6) is 1.80. The lowest BCUT2D eigenvalue weighted by Gasteiger charge is -2.31. The van der Waals surface area contributed by atoms with Crippen LogP contribution >= 0.6 is 0 Å². The van der Waals surface area contributed by atoms with Crippen molar-refractivity contribution in [3.63, 3.8) is 0 Å². The van der Waals surface area contributed by atoms with E-state index in [-0.39, 0.29) is 6.54 Å². The molecule has 19 heavy (non-hydrogen) atoms. The molecule has 0 amide bonds. The van der Waals surface area contributed by atoms with Crippen LogP contribution in [0.3, 0.4) is 0 Å². The highest BCUT2D eigenvalue weighted by molar-refractivity contribution is 5.77. The van der Waals surface area contributed by atoms with Crippen molar-refractivity contribution in [1.29, 1.82) is 0 Å². The molecule has 1 aliphatic heterocycles. The molecular weight excluding hydrogens is 240 g/mol. The Bertz CT molecular complexity index is 584. The molecule has 3 heterocycles. The van der Waals surface area contributed by atoms with Crippen molar-refractivity contribution in [3.05, 3.63) is 18.3 Å². The molecule has 3 rings (SSSR count). The predicted octanol–water partition coefficient (Wildman–Crippen LogP) is 1.87. The van der Waals surface area contributed by atoms with Gasteiger partial charge in [0.1, 0.15) is 12.1 Å². The first-order valence-electron chi connectivity index (χ1n) is 6.79. The lowest BCUT2D eigenvalue weighted by molar-refractivity contribution is -0.108. The molecule has 1 aliphatic rings. The molecule has 0 aromatic carbocycles. The number of hydrogen-bond donors (Lipinski definition) is 0. The SMILES string of the molecule is CC1CCN(c2ccc3cnn(CC=O)c3n2)CC1. The van der Waals surface area contributed by atoms with E-state index in [1.807, 2.05) is 12.1 Å². The van der Waals surface area contributed by atoms with Crippen LogP contribution in [0.15, 0.2) is 18.3 Å². The van der Waals surface area contributed by atoms with Gasteiger partial charge in [0.2, 0.25) is 0 Å². The monoisotopic (exact) mass is 258 g/mol. The molecule has 1 saturated heterocycles. The molecule has 1 fully saturated rings. The number of piperidine rings is 1. The molecule has 5 heteroatoms. The van der Waals surface area contributed by atoms with Crippen molar-refractivity contribution in [2.24, 2.45) is 5.92 Å². The van der Waals surface area contributed by atoms with Crippen LogP contribution in [0.25, 0.3) is 11.0 Å². The molecule has 0 N–H and O–H groups in total. The number of fused-ring (bicyclic) bond motifs is 1. The van der Waals surface area contributed by atoms with Gasteiger partial charge in [-0.1, -0.05) is 6.92 Å². The highest BCUT2D eigenvalue weighted by Gasteiger charge is 2.17. The minimum absolute atomic E-state index is 0.261. The van der Waals surface area contributed by atoms with E-state index in [0.717, 1.165) is 42.1 Å². The summed E-state index contributed by atoms with van der Waals surface area (Å²) >= 11 is 0. The Morgan fingerprint density at radius 2 is 2.16 bits per heavy atom. The maximum Gasteiger partial charge on any atom is 0.160 e. The Labute approximate surface area is 112 Å². The van der Waals surface area contributed by atoms with Gasteiger partial charge in [-0.25, -0.2) is 9.67 Å². The number of anilines is 1. The van der Waals surface area contributed by atoms with Crippen LogP contribution in [0.1, 0.15) is 19.8 Å². The summed E-state index contributed by atoms with van der Waals surface area (Å²) < 4.78 is 1.65. The van der Waals surface area contributed by atoms with Gasteiger partial charge in [0.15, 0.2) is 5.65 Å². The normalized spacial score (nSPS) is 17.0. The van der Waals surface area contributed by atoms with E-state index in [1.165, 1.54) is 12.8 Å². The molecule has 0 unspecified atom stereocenters. The van der Waals surface area contributed by atoms with Gasteiger partial charge in [-0.15, -0.1) is 0 Å². The van der Waals surface area contributed by atoms with Crippen LogP contribution < -0.4 is 4.90 Å². The van der Waals surface area contributed by atoms with Gasteiger partial charge in [-0.2, -0.15) is 5.10 Å². The Morgan fingerprint density at radius 1 is 1.37 bits per heavy atom. The van der Waals surface area contributed by atoms with Gasteiger partial charge < -0.3 is 9.69 Å². The fourth-order valence-electron chi connectivity index (χ4n) is 2.56. The zero-order valence-corrected chi connectivity index (χ0v) is 11.1. The number of aromatic nitrogens is 3. The minimum Gasteiger partial charge on any atom is -0.357 e. The number of carbonyl (C=O) groups is 1. The zero-order valence-electron chi connectivity index (χ0n) is 11.1. The topological polar surface area (TPSA) is 51.0 Å². The standard InChI is InChI=1S/C14H18N4O/c1-11-4-6-17(7-5-11)13-3-2-12-10-15-18(8-9-19)14(12)16-13/h2-3,9-11H,4-8H2,1H3. The first kappa shape index (κ1) is 12.1. The van der Waals surface area contributed by atoms with Crippen molar-refractivity contribution in [2.75, 3.05) is 18.0 Å². The molecule has 5 nitrogen and oxygen atoms in total. The molecule has 100 valence electrons. The van der Waals surface area contributed by atoms with Crippen LogP contribution in [0, 0.1) is 5.92 Å². The van der Waals surface area contributed by atoms with E-state index in [4.69, 9.17) is 0 Å². The smallest absolute Gasteiger partial charge is 0.160 e. The van der Waals surface area contributed by atoms with E-state index in [0.29, 0.717) is 0 Å². The fraction of sp³-hybridized carbons (Fsp3) is 0.500. The van der Waals surface area contributed by atoms with Crippen molar-refractivity contribution in [2.45, 2.75) is 26.3 Å². The Kier molecular flexibility index (Phi) is 3.19. The number of hydrogen-bond acceptors (Lipinski definition) is 4. The Balaban J connectivity index is 1.91. The number of pyridine rings is 1. The average molecular weight is 258 g/mol. The summed E-state index contributed by atoms with van der Waals surface area (Å²) in [4.78, 5) is 17.6. The van der Waals surface area contributed by atoms with Crippen molar-refractivity contribution in [3.8, 4) is 0 Å². The molecule has 0 aliphatic carbocycles. The van der Waals surface area contributed by atoms with Crippen molar-refractivity contribution in [1.82, 2.24) is 14.8 Å². The third-order valence-corrected chi connectivity index (χ3v) is 3.83. The van der Waals surface area contributed by atoms with Crippen LogP contribution in [0.2, 0.25) is 0 Å². The Hall–Kier alpha value is -1.91. The van der Waals surface area contributed by atoms with Crippen molar-refractivity contribution < 1.29 is 4.79 Å². The van der Waals surface area contributed by atoms with E-state index in [2.05, 4.69) is 21.9 Å². The fourth-order valence-corrected chi connectivity index (χ4v) is 2.56. The van der Waals surface area contributed by atoms with E-state index in [1.54, 1.807) is 10.9 Å². The minimum atomic E-state index is 0.261. The third kappa shape index (κ3) is 2.32. The summed E-state index contributed by atoms with van der Waals surface area (Å²) in [6.07, 6.45) is 5.04. The molecular formula is C14H18N4O. The second-order valence-corrected chi connectivity index (χ2v) is 5.25. The largest absolute Gasteiger partial charge is 0.357 e. The number of rotatable bonds is 3. The van der Waals surface area contributed by atoms with E-state index in [9.17, 15) is 4.79 Å². The van der Waals surface area contributed by atoms with Crippen LogP contribution in [0.5, 0.6) is 0 Å². The van der Waals surface area contributed by atoms with Gasteiger partial charge in [-0.3, -0.25) is 0 Å². The summed E-state index contributed by atoms with van der Waals surface area (Å²) in [7, 11) is 0. The molecule has 0 atom stereocenters. The van der Waals surface area contributed by atoms with Crippen LogP contribution in [-0.2, 0) is 11.3 Å². The molecule has 0 radical (unpaired) electrons. The highest BCUT2D eigenvalue weighted by atomic mass is 16.1. The highest BCUT2D eigenvalue weighted by Crippen LogP contribution is 2.23. The first-order chi connectivity index (χ1) is 9.28. The Morgan fingerprint density at radius 3 is 2.89 bits per heavy atom. The van der Waals surface area contributed by atoms with Crippen LogP contribution in [-0.4, -0.2) is 34.1 Å². The van der Waals surface area contributed by atoms with Gasteiger partial charge >= 0.3 is 0 Å². The quantitative estimate of drug-likeness (QED) is 0.789. The van der Waals surface area contributed by atoms with Gasteiger partial charge in [0.25, 0.3) is 0 Å². The maximum atomic E-state index is 10.6. The molecule has 0 bridgehead atoms. The predicted molar refractivity (Wildman–Crippen MR) is 74.2 cm³/mol. The average Bonchev–Trinajstić information content (AvgIpc) is 2.83. The van der Waals surface area contributed by atoms with Gasteiger partial charge in [0.05, 0.1) is 12.7 Å². The molecule has 0 saturated carbocycles. The first-order valence-corrected chi connectivity index (χ1v) is 6.79. The van der Waals surface area contributed by atoms with Gasteiger partial charge in [-0.05, 0) is 30.9 Å². The number of carbonyl (C=O) groups excluding carboxylic acids is 1. The maximum absolute atomic E-state index is 10.6. The second kappa shape index (κ2) is 4.99. The summed E-state index contributed by atoms with van der Waals surface area (Å²) in [5.41, 5.74) is 0.795. The lowest BCUT2D eigenvalue weighted by atomic mass is 9.99. The second-order valence-electron chi connectivity index (χ2n) is 5.25. The molecule has 0 spiro atoms. The van der Waals surface area contributed by atoms with E-state index < -0.39 is 0 Å². The number of aldehydes is 1. The molecule has 2 aromatic heterocycles. The van der Waals surface area contributed by atoms with E-state index >= 15 is 0 Å². The third-order valence-electron chi connectivity index (χ3n) is 3.83. The van der Waals surface area contributed by atoms with Gasteiger partial charge in [0, 0.05) is 18.5 Å². The van der Waals surface area contributed by atoms with Crippen LogP contribution in [0.4, 0.5) is 5.82 Å². The van der Waals surface area contributed by atoms with Crippen molar-refractivity contribution >= 4 is 23.1 Å². The lowest BCUT2D eigenvalue weighted by Crippen LogP contribution is -2.33. The molecule has 2 aromatic rings.